The van der Waals surface area contributed by atoms with Crippen molar-refractivity contribution in [2.45, 2.75) is 44.6 Å². The lowest BCUT2D eigenvalue weighted by atomic mass is 10.1. The standard InChI is InChI=1S/C19H22ClNO2S/c1-13-11-15(3)19(12-14(13)2)24(22,23)21-10-4-5-18(21)16-6-8-17(20)9-7-16/h6-9,11-12,18H,4-5,10H2,1-3H3/t18-/m1/s1. The molecule has 2 aromatic rings. The molecule has 0 bridgehead atoms. The molecule has 3 rings (SSSR count). The Bertz CT molecular complexity index is 860. The summed E-state index contributed by atoms with van der Waals surface area (Å²) in [5.74, 6) is 0. The molecular weight excluding hydrogens is 342 g/mol. The average Bonchev–Trinajstić information content (AvgIpc) is 3.02. The predicted molar refractivity (Wildman–Crippen MR) is 98.0 cm³/mol. The molecule has 1 aliphatic rings. The van der Waals surface area contributed by atoms with E-state index in [9.17, 15) is 8.42 Å². The number of halogens is 1. The highest BCUT2D eigenvalue weighted by Crippen LogP contribution is 2.37. The van der Waals surface area contributed by atoms with E-state index in [0.717, 1.165) is 35.1 Å². The summed E-state index contributed by atoms with van der Waals surface area (Å²) in [5, 5.41) is 0.663. The molecule has 2 aromatic carbocycles. The second kappa shape index (κ2) is 6.51. The normalized spacial score (nSPS) is 18.9. The maximum absolute atomic E-state index is 13.3. The molecule has 0 amide bonds. The molecule has 1 atom stereocenters. The van der Waals surface area contributed by atoms with Gasteiger partial charge >= 0.3 is 0 Å². The van der Waals surface area contributed by atoms with Crippen molar-refractivity contribution in [1.29, 1.82) is 0 Å². The van der Waals surface area contributed by atoms with E-state index in [1.807, 2.05) is 51.1 Å². The predicted octanol–water partition coefficient (Wildman–Crippen LogP) is 4.79. The highest BCUT2D eigenvalue weighted by Gasteiger charge is 2.36. The zero-order chi connectivity index (χ0) is 17.5. The van der Waals surface area contributed by atoms with Gasteiger partial charge in [-0.15, -0.1) is 0 Å². The molecule has 0 spiro atoms. The van der Waals surface area contributed by atoms with Gasteiger partial charge in [0.1, 0.15) is 0 Å². The Morgan fingerprint density at radius 1 is 1.00 bits per heavy atom. The molecule has 1 saturated heterocycles. The summed E-state index contributed by atoms with van der Waals surface area (Å²) in [5.41, 5.74) is 3.92. The topological polar surface area (TPSA) is 37.4 Å². The van der Waals surface area contributed by atoms with Crippen LogP contribution in [-0.4, -0.2) is 19.3 Å². The van der Waals surface area contributed by atoms with E-state index in [1.165, 1.54) is 0 Å². The number of aryl methyl sites for hydroxylation is 3. The van der Waals surface area contributed by atoms with E-state index in [1.54, 1.807) is 10.4 Å². The maximum atomic E-state index is 13.3. The van der Waals surface area contributed by atoms with Crippen molar-refractivity contribution in [2.24, 2.45) is 0 Å². The van der Waals surface area contributed by atoms with Gasteiger partial charge < -0.3 is 0 Å². The van der Waals surface area contributed by atoms with Gasteiger partial charge in [0.2, 0.25) is 10.0 Å². The fraction of sp³-hybridized carbons (Fsp3) is 0.368. The Morgan fingerprint density at radius 2 is 1.62 bits per heavy atom. The van der Waals surface area contributed by atoms with Crippen LogP contribution >= 0.6 is 11.6 Å². The van der Waals surface area contributed by atoms with Gasteiger partial charge in [0.25, 0.3) is 0 Å². The highest BCUT2D eigenvalue weighted by atomic mass is 35.5. The van der Waals surface area contributed by atoms with Gasteiger partial charge in [-0.2, -0.15) is 4.31 Å². The fourth-order valence-corrected chi connectivity index (χ4v) is 5.49. The molecular formula is C19H22ClNO2S. The molecule has 5 heteroatoms. The molecule has 128 valence electrons. The van der Waals surface area contributed by atoms with Crippen LogP contribution in [-0.2, 0) is 10.0 Å². The minimum absolute atomic E-state index is 0.117. The lowest BCUT2D eigenvalue weighted by Crippen LogP contribution is -2.31. The average molecular weight is 364 g/mol. The molecule has 0 unspecified atom stereocenters. The third-order valence-electron chi connectivity index (χ3n) is 4.84. The van der Waals surface area contributed by atoms with E-state index >= 15 is 0 Å². The first-order valence-corrected chi connectivity index (χ1v) is 9.97. The Labute approximate surface area is 149 Å². The molecule has 1 heterocycles. The Kier molecular flexibility index (Phi) is 4.73. The third kappa shape index (κ3) is 3.10. The third-order valence-corrected chi connectivity index (χ3v) is 7.14. The van der Waals surface area contributed by atoms with Gasteiger partial charge in [0, 0.05) is 11.6 Å². The van der Waals surface area contributed by atoms with Gasteiger partial charge in [-0.1, -0.05) is 29.8 Å². The van der Waals surface area contributed by atoms with Gasteiger partial charge in [-0.3, -0.25) is 0 Å². The van der Waals surface area contributed by atoms with Crippen LogP contribution in [0.1, 0.15) is 41.1 Å². The summed E-state index contributed by atoms with van der Waals surface area (Å²) in [6.07, 6.45) is 1.71. The Balaban J connectivity index is 2.02. The molecule has 0 saturated carbocycles. The Hall–Kier alpha value is -1.36. The molecule has 0 N–H and O–H groups in total. The molecule has 0 aliphatic carbocycles. The summed E-state index contributed by atoms with van der Waals surface area (Å²) in [6, 6.07) is 11.1. The lowest BCUT2D eigenvalue weighted by molar-refractivity contribution is 0.396. The quantitative estimate of drug-likeness (QED) is 0.786. The van der Waals surface area contributed by atoms with Crippen molar-refractivity contribution in [2.75, 3.05) is 6.54 Å². The number of rotatable bonds is 3. The fourth-order valence-electron chi connectivity index (χ4n) is 3.38. The van der Waals surface area contributed by atoms with Crippen LogP contribution in [0, 0.1) is 20.8 Å². The highest BCUT2D eigenvalue weighted by molar-refractivity contribution is 7.89. The zero-order valence-electron chi connectivity index (χ0n) is 14.2. The van der Waals surface area contributed by atoms with Crippen molar-refractivity contribution in [3.05, 3.63) is 63.7 Å². The summed E-state index contributed by atoms with van der Waals surface area (Å²) >= 11 is 5.96. The summed E-state index contributed by atoms with van der Waals surface area (Å²) in [7, 11) is -3.52. The SMILES string of the molecule is Cc1cc(C)c(S(=O)(=O)N2CCC[C@@H]2c2ccc(Cl)cc2)cc1C. The zero-order valence-corrected chi connectivity index (χ0v) is 15.8. The van der Waals surface area contributed by atoms with Crippen molar-refractivity contribution in [3.8, 4) is 0 Å². The molecule has 0 aromatic heterocycles. The lowest BCUT2D eigenvalue weighted by Gasteiger charge is -2.25. The number of benzene rings is 2. The smallest absolute Gasteiger partial charge is 0.207 e. The van der Waals surface area contributed by atoms with Crippen molar-refractivity contribution in [1.82, 2.24) is 4.31 Å². The number of hydrogen-bond acceptors (Lipinski definition) is 2. The number of hydrogen-bond donors (Lipinski definition) is 0. The monoisotopic (exact) mass is 363 g/mol. The minimum Gasteiger partial charge on any atom is -0.207 e. The second-order valence-corrected chi connectivity index (χ2v) is 8.82. The van der Waals surface area contributed by atoms with Crippen molar-refractivity contribution < 1.29 is 8.42 Å². The van der Waals surface area contributed by atoms with Gasteiger partial charge in [0.15, 0.2) is 0 Å². The first-order chi connectivity index (χ1) is 11.3. The van der Waals surface area contributed by atoms with E-state index in [4.69, 9.17) is 11.6 Å². The van der Waals surface area contributed by atoms with Gasteiger partial charge in [-0.25, -0.2) is 8.42 Å². The van der Waals surface area contributed by atoms with Gasteiger partial charge in [-0.05, 0) is 74.1 Å². The number of nitrogens with zero attached hydrogens (tertiary/aromatic N) is 1. The van der Waals surface area contributed by atoms with Crippen LogP contribution in [0.2, 0.25) is 5.02 Å². The van der Waals surface area contributed by atoms with Gasteiger partial charge in [0.05, 0.1) is 10.9 Å². The summed E-state index contributed by atoms with van der Waals surface area (Å²) in [6.45, 7) is 6.38. The molecule has 1 fully saturated rings. The Morgan fingerprint density at radius 3 is 2.29 bits per heavy atom. The van der Waals surface area contributed by atoms with Crippen molar-refractivity contribution >= 4 is 21.6 Å². The van der Waals surface area contributed by atoms with Crippen molar-refractivity contribution in [3.63, 3.8) is 0 Å². The largest absolute Gasteiger partial charge is 0.243 e. The van der Waals surface area contributed by atoms with E-state index in [0.29, 0.717) is 16.5 Å². The minimum atomic E-state index is -3.52. The first-order valence-electron chi connectivity index (χ1n) is 8.16. The molecule has 0 radical (unpaired) electrons. The van der Waals surface area contributed by atoms with Crippen LogP contribution in [0.5, 0.6) is 0 Å². The maximum Gasteiger partial charge on any atom is 0.243 e. The molecule has 3 nitrogen and oxygen atoms in total. The van der Waals surface area contributed by atoms with Crippen LogP contribution < -0.4 is 0 Å². The van der Waals surface area contributed by atoms with E-state index < -0.39 is 10.0 Å². The molecule has 24 heavy (non-hydrogen) atoms. The first kappa shape index (κ1) is 17.5. The summed E-state index contributed by atoms with van der Waals surface area (Å²) in [4.78, 5) is 0.423. The van der Waals surface area contributed by atoms with Crippen LogP contribution in [0.15, 0.2) is 41.3 Å². The van der Waals surface area contributed by atoms with E-state index in [2.05, 4.69) is 0 Å². The van der Waals surface area contributed by atoms with E-state index in [-0.39, 0.29) is 6.04 Å². The summed E-state index contributed by atoms with van der Waals surface area (Å²) < 4.78 is 28.2. The number of sulfonamides is 1. The van der Waals surface area contributed by atoms with Crippen LogP contribution in [0.4, 0.5) is 0 Å². The molecule has 1 aliphatic heterocycles. The van der Waals surface area contributed by atoms with Crippen LogP contribution in [0.3, 0.4) is 0 Å². The second-order valence-electron chi connectivity index (χ2n) is 6.53. The van der Waals surface area contributed by atoms with Crippen LogP contribution in [0.25, 0.3) is 0 Å².